The molecule has 0 amide bonds. The summed E-state index contributed by atoms with van der Waals surface area (Å²) < 4.78 is 8.27. The molecule has 120 valence electrons. The lowest BCUT2D eigenvalue weighted by Gasteiger charge is -2.11. The number of aromatic nitrogens is 1. The Kier molecular flexibility index (Phi) is 3.62. The summed E-state index contributed by atoms with van der Waals surface area (Å²) in [5.41, 5.74) is 3.22. The second-order valence-corrected chi connectivity index (χ2v) is 7.09. The summed E-state index contributed by atoms with van der Waals surface area (Å²) in [6.07, 6.45) is 2.43. The van der Waals surface area contributed by atoms with Crippen LogP contribution >= 0.6 is 11.3 Å². The SMILES string of the molecule is COc1cccc(C#N)c1-c1ccc2c(c1)sc(=O)n2CC1CC1. The van der Waals surface area contributed by atoms with Crippen LogP contribution in [0.15, 0.2) is 41.2 Å². The van der Waals surface area contributed by atoms with E-state index in [1.807, 2.05) is 34.9 Å². The summed E-state index contributed by atoms with van der Waals surface area (Å²) in [7, 11) is 1.60. The number of methoxy groups -OCH3 is 1. The van der Waals surface area contributed by atoms with E-state index in [9.17, 15) is 10.1 Å². The number of ether oxygens (including phenoxy) is 1. The highest BCUT2D eigenvalue weighted by Gasteiger charge is 2.24. The van der Waals surface area contributed by atoms with Gasteiger partial charge in [0.2, 0.25) is 0 Å². The second-order valence-electron chi connectivity index (χ2n) is 6.10. The Hall–Kier alpha value is -2.58. The number of hydrogen-bond donors (Lipinski definition) is 0. The number of rotatable bonds is 4. The van der Waals surface area contributed by atoms with E-state index in [2.05, 4.69) is 6.07 Å². The number of fused-ring (bicyclic) bond motifs is 1. The minimum absolute atomic E-state index is 0.0922. The molecule has 4 nitrogen and oxygen atoms in total. The van der Waals surface area contributed by atoms with E-state index in [4.69, 9.17) is 4.74 Å². The topological polar surface area (TPSA) is 55.0 Å². The second kappa shape index (κ2) is 5.81. The zero-order valence-corrected chi connectivity index (χ0v) is 14.1. The first kappa shape index (κ1) is 15.0. The summed E-state index contributed by atoms with van der Waals surface area (Å²) in [4.78, 5) is 12.4. The average Bonchev–Trinajstić information content (AvgIpc) is 3.37. The highest BCUT2D eigenvalue weighted by molar-refractivity contribution is 7.16. The first-order chi connectivity index (χ1) is 11.7. The van der Waals surface area contributed by atoms with Gasteiger partial charge in [-0.2, -0.15) is 5.26 Å². The highest BCUT2D eigenvalue weighted by atomic mass is 32.1. The fourth-order valence-corrected chi connectivity index (χ4v) is 3.99. The van der Waals surface area contributed by atoms with Crippen molar-refractivity contribution in [3.63, 3.8) is 0 Å². The zero-order valence-electron chi connectivity index (χ0n) is 13.3. The Morgan fingerprint density at radius 3 is 2.88 bits per heavy atom. The Labute approximate surface area is 143 Å². The molecule has 3 aromatic rings. The maximum Gasteiger partial charge on any atom is 0.308 e. The zero-order chi connectivity index (χ0) is 16.7. The molecule has 1 fully saturated rings. The Bertz CT molecular complexity index is 1020. The van der Waals surface area contributed by atoms with Crippen molar-refractivity contribution in [2.45, 2.75) is 19.4 Å². The number of hydrogen-bond acceptors (Lipinski definition) is 4. The first-order valence-corrected chi connectivity index (χ1v) is 8.74. The maximum atomic E-state index is 12.3. The standard InChI is InChI=1S/C19H16N2O2S/c1-23-16-4-2-3-14(10-20)18(16)13-7-8-15-17(9-13)24-19(22)21(15)11-12-5-6-12/h2-4,7-9,12H,5-6,11H2,1H3. The predicted octanol–water partition coefficient (Wildman–Crippen LogP) is 4.02. The van der Waals surface area contributed by atoms with Gasteiger partial charge in [-0.3, -0.25) is 9.36 Å². The molecule has 0 spiro atoms. The van der Waals surface area contributed by atoms with Crippen molar-refractivity contribution >= 4 is 21.6 Å². The molecule has 24 heavy (non-hydrogen) atoms. The van der Waals surface area contributed by atoms with E-state index in [1.54, 1.807) is 13.2 Å². The fourth-order valence-electron chi connectivity index (χ4n) is 3.05. The van der Waals surface area contributed by atoms with Crippen LogP contribution < -0.4 is 9.61 Å². The van der Waals surface area contributed by atoms with Gasteiger partial charge in [0, 0.05) is 12.1 Å². The van der Waals surface area contributed by atoms with Crippen LogP contribution in [-0.4, -0.2) is 11.7 Å². The Balaban J connectivity index is 1.88. The van der Waals surface area contributed by atoms with E-state index in [0.717, 1.165) is 27.9 Å². The quantitative estimate of drug-likeness (QED) is 0.723. The lowest BCUT2D eigenvalue weighted by molar-refractivity contribution is 0.416. The Morgan fingerprint density at radius 1 is 1.33 bits per heavy atom. The smallest absolute Gasteiger partial charge is 0.308 e. The lowest BCUT2D eigenvalue weighted by atomic mass is 9.99. The molecule has 4 rings (SSSR count). The van der Waals surface area contributed by atoms with Crippen molar-refractivity contribution in [1.82, 2.24) is 4.57 Å². The van der Waals surface area contributed by atoms with Crippen molar-refractivity contribution in [2.75, 3.05) is 7.11 Å². The van der Waals surface area contributed by atoms with Crippen LogP contribution in [0.1, 0.15) is 18.4 Å². The number of nitrogens with zero attached hydrogens (tertiary/aromatic N) is 2. The molecule has 2 aromatic carbocycles. The van der Waals surface area contributed by atoms with Crippen LogP contribution in [0.5, 0.6) is 5.75 Å². The summed E-state index contributed by atoms with van der Waals surface area (Å²) >= 11 is 1.27. The third-order valence-corrected chi connectivity index (χ3v) is 5.40. The van der Waals surface area contributed by atoms with Crippen molar-refractivity contribution < 1.29 is 4.74 Å². The number of thiazole rings is 1. The molecule has 0 unspecified atom stereocenters. The normalized spacial score (nSPS) is 13.8. The van der Waals surface area contributed by atoms with Gasteiger partial charge in [-0.15, -0.1) is 0 Å². The molecule has 0 N–H and O–H groups in total. The molecule has 0 aliphatic heterocycles. The molecule has 0 atom stereocenters. The van der Waals surface area contributed by atoms with Crippen LogP contribution in [0.3, 0.4) is 0 Å². The van der Waals surface area contributed by atoms with Gasteiger partial charge in [0.15, 0.2) is 0 Å². The first-order valence-electron chi connectivity index (χ1n) is 7.92. The highest BCUT2D eigenvalue weighted by Crippen LogP contribution is 2.36. The van der Waals surface area contributed by atoms with Gasteiger partial charge < -0.3 is 4.74 Å². The van der Waals surface area contributed by atoms with Crippen LogP contribution in [0.25, 0.3) is 21.3 Å². The van der Waals surface area contributed by atoms with Gasteiger partial charge >= 0.3 is 4.87 Å². The van der Waals surface area contributed by atoms with E-state index in [-0.39, 0.29) is 4.87 Å². The molecule has 1 heterocycles. The number of nitriles is 1. The van der Waals surface area contributed by atoms with Gasteiger partial charge in [0.05, 0.1) is 29.0 Å². The van der Waals surface area contributed by atoms with Gasteiger partial charge in [0.1, 0.15) is 5.75 Å². The summed E-state index contributed by atoms with van der Waals surface area (Å²) in [5.74, 6) is 1.32. The predicted molar refractivity (Wildman–Crippen MR) is 95.5 cm³/mol. The summed E-state index contributed by atoms with van der Waals surface area (Å²) in [6, 6.07) is 13.6. The largest absolute Gasteiger partial charge is 0.496 e. The fraction of sp³-hybridized carbons (Fsp3) is 0.263. The van der Waals surface area contributed by atoms with Crippen molar-refractivity contribution in [3.05, 3.63) is 51.6 Å². The van der Waals surface area contributed by atoms with E-state index in [1.165, 1.54) is 24.2 Å². The molecule has 1 aliphatic carbocycles. The maximum absolute atomic E-state index is 12.3. The summed E-state index contributed by atoms with van der Waals surface area (Å²) in [5, 5.41) is 9.41. The molecule has 1 saturated carbocycles. The van der Waals surface area contributed by atoms with Gasteiger partial charge in [-0.25, -0.2) is 0 Å². The van der Waals surface area contributed by atoms with Crippen LogP contribution in [0.4, 0.5) is 0 Å². The lowest BCUT2D eigenvalue weighted by Crippen LogP contribution is -2.13. The average molecular weight is 336 g/mol. The van der Waals surface area contributed by atoms with Crippen LogP contribution in [0, 0.1) is 17.2 Å². The molecule has 0 radical (unpaired) electrons. The minimum Gasteiger partial charge on any atom is -0.496 e. The van der Waals surface area contributed by atoms with Gasteiger partial charge in [-0.05, 0) is 48.6 Å². The Morgan fingerprint density at radius 2 is 2.17 bits per heavy atom. The molecular formula is C19H16N2O2S. The molecule has 0 bridgehead atoms. The van der Waals surface area contributed by atoms with E-state index >= 15 is 0 Å². The monoisotopic (exact) mass is 336 g/mol. The van der Waals surface area contributed by atoms with Gasteiger partial charge in [-0.1, -0.05) is 23.5 Å². The third kappa shape index (κ3) is 2.49. The molecule has 0 saturated heterocycles. The van der Waals surface area contributed by atoms with E-state index < -0.39 is 0 Å². The van der Waals surface area contributed by atoms with Crippen LogP contribution in [-0.2, 0) is 6.54 Å². The van der Waals surface area contributed by atoms with Crippen LogP contribution in [0.2, 0.25) is 0 Å². The van der Waals surface area contributed by atoms with Crippen molar-refractivity contribution in [2.24, 2.45) is 5.92 Å². The van der Waals surface area contributed by atoms with E-state index in [0.29, 0.717) is 17.2 Å². The molecule has 1 aromatic heterocycles. The van der Waals surface area contributed by atoms with Crippen molar-refractivity contribution in [3.8, 4) is 22.9 Å². The minimum atomic E-state index is 0.0922. The van der Waals surface area contributed by atoms with Crippen molar-refractivity contribution in [1.29, 1.82) is 5.26 Å². The summed E-state index contributed by atoms with van der Waals surface area (Å²) in [6.45, 7) is 0.816. The third-order valence-electron chi connectivity index (χ3n) is 4.46. The molecule has 1 aliphatic rings. The van der Waals surface area contributed by atoms with Gasteiger partial charge in [0.25, 0.3) is 0 Å². The molecular weight excluding hydrogens is 320 g/mol. The molecule has 5 heteroatoms. The number of benzene rings is 2.